The lowest BCUT2D eigenvalue weighted by Crippen LogP contribution is -2.42. The molecule has 19 heavy (non-hydrogen) atoms. The fourth-order valence-electron chi connectivity index (χ4n) is 2.85. The Bertz CT molecular complexity index is 570. The van der Waals surface area contributed by atoms with Crippen LogP contribution in [0.5, 0.6) is 5.75 Å². The Morgan fingerprint density at radius 1 is 1.21 bits per heavy atom. The van der Waals surface area contributed by atoms with Crippen molar-refractivity contribution in [3.8, 4) is 5.75 Å². The van der Waals surface area contributed by atoms with Crippen molar-refractivity contribution in [1.29, 1.82) is 0 Å². The zero-order valence-electron chi connectivity index (χ0n) is 11.6. The van der Waals surface area contributed by atoms with E-state index in [4.69, 9.17) is 4.74 Å². The largest absolute Gasteiger partial charge is 0.496 e. The van der Waals surface area contributed by atoms with E-state index in [2.05, 4.69) is 46.2 Å². The van der Waals surface area contributed by atoms with Crippen LogP contribution in [0.2, 0.25) is 0 Å². The van der Waals surface area contributed by atoms with Gasteiger partial charge in [0.25, 0.3) is 0 Å². The smallest absolute Gasteiger partial charge is 0.132 e. The van der Waals surface area contributed by atoms with Crippen molar-refractivity contribution >= 4 is 10.9 Å². The van der Waals surface area contributed by atoms with Crippen LogP contribution in [0, 0.1) is 0 Å². The minimum atomic E-state index is 0.968. The summed E-state index contributed by atoms with van der Waals surface area (Å²) in [5.41, 5.74) is 2.50. The highest BCUT2D eigenvalue weighted by atomic mass is 16.5. The van der Waals surface area contributed by atoms with Gasteiger partial charge in [-0.05, 0) is 12.1 Å². The molecule has 1 aromatic carbocycles. The lowest BCUT2D eigenvalue weighted by molar-refractivity contribution is 0.230. The van der Waals surface area contributed by atoms with Crippen LogP contribution in [-0.4, -0.2) is 42.8 Å². The number of nitrogens with one attached hydrogen (secondary N) is 1. The summed E-state index contributed by atoms with van der Waals surface area (Å²) >= 11 is 0. The average Bonchev–Trinajstić information content (AvgIpc) is 2.82. The maximum atomic E-state index is 5.66. The molecule has 102 valence electrons. The molecule has 3 rings (SSSR count). The molecular formula is C15H21N3O. The number of benzene rings is 1. The highest BCUT2D eigenvalue weighted by molar-refractivity contribution is 5.87. The van der Waals surface area contributed by atoms with Gasteiger partial charge in [0.15, 0.2) is 0 Å². The van der Waals surface area contributed by atoms with Crippen LogP contribution in [0.4, 0.5) is 0 Å². The fraction of sp³-hybridized carbons (Fsp3) is 0.467. The summed E-state index contributed by atoms with van der Waals surface area (Å²) < 4.78 is 7.79. The molecule has 1 aliphatic heterocycles. The van der Waals surface area contributed by atoms with Crippen molar-refractivity contribution in [3.05, 3.63) is 30.0 Å². The van der Waals surface area contributed by atoms with Gasteiger partial charge in [0, 0.05) is 56.9 Å². The number of methoxy groups -OCH3 is 1. The molecule has 4 nitrogen and oxygen atoms in total. The van der Waals surface area contributed by atoms with Crippen molar-refractivity contribution in [3.63, 3.8) is 0 Å². The number of rotatable bonds is 3. The molecule has 2 heterocycles. The zero-order chi connectivity index (χ0) is 13.2. The number of nitrogens with zero attached hydrogens (tertiary/aromatic N) is 2. The van der Waals surface area contributed by atoms with Crippen LogP contribution < -0.4 is 10.1 Å². The molecule has 1 saturated heterocycles. The zero-order valence-corrected chi connectivity index (χ0v) is 11.6. The molecule has 0 spiro atoms. The number of hydrogen-bond donors (Lipinski definition) is 1. The normalized spacial score (nSPS) is 16.9. The van der Waals surface area contributed by atoms with Gasteiger partial charge in [-0.15, -0.1) is 0 Å². The predicted molar refractivity (Wildman–Crippen MR) is 77.6 cm³/mol. The van der Waals surface area contributed by atoms with Crippen LogP contribution >= 0.6 is 0 Å². The number of ether oxygens (including phenoxy) is 1. The summed E-state index contributed by atoms with van der Waals surface area (Å²) in [4.78, 5) is 2.48. The monoisotopic (exact) mass is 259 g/mol. The van der Waals surface area contributed by atoms with E-state index in [0.29, 0.717) is 0 Å². The predicted octanol–water partition coefficient (Wildman–Crippen LogP) is 1.59. The molecule has 1 aromatic heterocycles. The number of piperazine rings is 1. The van der Waals surface area contributed by atoms with Crippen LogP contribution in [0.1, 0.15) is 5.56 Å². The second-order valence-corrected chi connectivity index (χ2v) is 5.14. The number of hydrogen-bond acceptors (Lipinski definition) is 3. The van der Waals surface area contributed by atoms with Gasteiger partial charge in [0.1, 0.15) is 5.75 Å². The van der Waals surface area contributed by atoms with Crippen LogP contribution in [-0.2, 0) is 13.6 Å². The fourth-order valence-corrected chi connectivity index (χ4v) is 2.85. The second-order valence-electron chi connectivity index (χ2n) is 5.14. The quantitative estimate of drug-likeness (QED) is 0.908. The van der Waals surface area contributed by atoms with Gasteiger partial charge in [-0.3, -0.25) is 4.90 Å². The van der Waals surface area contributed by atoms with Crippen molar-refractivity contribution in [2.45, 2.75) is 6.54 Å². The Morgan fingerprint density at radius 3 is 2.74 bits per heavy atom. The molecule has 4 heteroatoms. The average molecular weight is 259 g/mol. The number of aryl methyl sites for hydroxylation is 1. The van der Waals surface area contributed by atoms with E-state index in [-0.39, 0.29) is 0 Å². The number of fused-ring (bicyclic) bond motifs is 1. The molecule has 2 aromatic rings. The van der Waals surface area contributed by atoms with Crippen molar-refractivity contribution in [2.24, 2.45) is 7.05 Å². The lowest BCUT2D eigenvalue weighted by Gasteiger charge is -2.27. The summed E-state index contributed by atoms with van der Waals surface area (Å²) in [5.74, 6) is 1.02. The summed E-state index contributed by atoms with van der Waals surface area (Å²) in [5, 5.41) is 4.59. The Hall–Kier alpha value is -1.52. The molecule has 0 atom stereocenters. The molecule has 0 aliphatic carbocycles. The minimum absolute atomic E-state index is 0.968. The van der Waals surface area contributed by atoms with Crippen LogP contribution in [0.15, 0.2) is 24.4 Å². The second kappa shape index (κ2) is 5.23. The molecule has 0 saturated carbocycles. The summed E-state index contributed by atoms with van der Waals surface area (Å²) in [7, 11) is 3.83. The van der Waals surface area contributed by atoms with Gasteiger partial charge in [-0.25, -0.2) is 0 Å². The first-order chi connectivity index (χ1) is 9.29. The van der Waals surface area contributed by atoms with E-state index in [9.17, 15) is 0 Å². The van der Waals surface area contributed by atoms with Crippen molar-refractivity contribution < 1.29 is 4.74 Å². The Morgan fingerprint density at radius 2 is 2.00 bits per heavy atom. The van der Waals surface area contributed by atoms with Crippen LogP contribution in [0.25, 0.3) is 10.9 Å². The number of aromatic nitrogens is 1. The van der Waals surface area contributed by atoms with E-state index in [1.165, 1.54) is 16.5 Å². The van der Waals surface area contributed by atoms with Gasteiger partial charge in [-0.1, -0.05) is 6.07 Å². The first-order valence-corrected chi connectivity index (χ1v) is 6.83. The van der Waals surface area contributed by atoms with Crippen molar-refractivity contribution in [1.82, 2.24) is 14.8 Å². The molecule has 0 bridgehead atoms. The standard InChI is InChI=1S/C15H21N3O/c1-17-8-5-13-14(17)4-3-12(15(13)19-2)11-18-9-6-16-7-10-18/h3-5,8,16H,6-7,9-11H2,1-2H3. The topological polar surface area (TPSA) is 29.4 Å². The Kier molecular flexibility index (Phi) is 3.44. The van der Waals surface area contributed by atoms with Gasteiger partial charge in [0.2, 0.25) is 0 Å². The molecule has 1 fully saturated rings. The third kappa shape index (κ3) is 2.33. The van der Waals surface area contributed by atoms with E-state index in [0.717, 1.165) is 38.5 Å². The van der Waals surface area contributed by atoms with Crippen LogP contribution in [0.3, 0.4) is 0 Å². The molecule has 1 aliphatic rings. The minimum Gasteiger partial charge on any atom is -0.496 e. The van der Waals surface area contributed by atoms with Gasteiger partial charge < -0.3 is 14.6 Å². The lowest BCUT2D eigenvalue weighted by atomic mass is 10.1. The van der Waals surface area contributed by atoms with Crippen molar-refractivity contribution in [2.75, 3.05) is 33.3 Å². The molecule has 0 amide bonds. The summed E-state index contributed by atoms with van der Waals surface area (Å²) in [6.07, 6.45) is 2.09. The third-order valence-corrected chi connectivity index (χ3v) is 3.91. The van der Waals surface area contributed by atoms with E-state index in [1.54, 1.807) is 7.11 Å². The Balaban J connectivity index is 1.93. The SMILES string of the molecule is COc1c(CN2CCNCC2)ccc2c1ccn2C. The highest BCUT2D eigenvalue weighted by Crippen LogP contribution is 2.31. The summed E-state index contributed by atoms with van der Waals surface area (Å²) in [6.45, 7) is 5.34. The van der Waals surface area contributed by atoms with Gasteiger partial charge in [-0.2, -0.15) is 0 Å². The van der Waals surface area contributed by atoms with E-state index >= 15 is 0 Å². The Labute approximate surface area is 114 Å². The third-order valence-electron chi connectivity index (χ3n) is 3.91. The molecular weight excluding hydrogens is 238 g/mol. The maximum Gasteiger partial charge on any atom is 0.132 e. The van der Waals surface area contributed by atoms with E-state index in [1.807, 2.05) is 0 Å². The van der Waals surface area contributed by atoms with E-state index < -0.39 is 0 Å². The first kappa shape index (κ1) is 12.5. The van der Waals surface area contributed by atoms with Gasteiger partial charge >= 0.3 is 0 Å². The molecule has 0 radical (unpaired) electrons. The van der Waals surface area contributed by atoms with Gasteiger partial charge in [0.05, 0.1) is 12.6 Å². The molecule has 0 unspecified atom stereocenters. The first-order valence-electron chi connectivity index (χ1n) is 6.83. The highest BCUT2D eigenvalue weighted by Gasteiger charge is 2.15. The summed E-state index contributed by atoms with van der Waals surface area (Å²) in [6, 6.07) is 6.52. The molecule has 1 N–H and O–H groups in total. The maximum absolute atomic E-state index is 5.66.